The molecule has 1 N–H and O–H groups in total. The van der Waals surface area contributed by atoms with Crippen molar-refractivity contribution >= 4 is 5.82 Å². The molecule has 1 fully saturated rings. The van der Waals surface area contributed by atoms with Crippen molar-refractivity contribution < 1.29 is 9.47 Å². The summed E-state index contributed by atoms with van der Waals surface area (Å²) in [6.45, 7) is 6.11. The molecular formula is C19H24N4O2. The van der Waals surface area contributed by atoms with E-state index in [-0.39, 0.29) is 0 Å². The van der Waals surface area contributed by atoms with Crippen LogP contribution in [-0.4, -0.2) is 49.9 Å². The van der Waals surface area contributed by atoms with Gasteiger partial charge in [0, 0.05) is 51.0 Å². The van der Waals surface area contributed by atoms with Crippen LogP contribution >= 0.6 is 0 Å². The fourth-order valence-corrected chi connectivity index (χ4v) is 3.22. The molecule has 4 rings (SSSR count). The molecule has 0 radical (unpaired) electrons. The number of likely N-dealkylation sites (N-methyl/N-ethyl adjacent to an activating group) is 1. The van der Waals surface area contributed by atoms with Gasteiger partial charge in [-0.2, -0.15) is 0 Å². The topological polar surface area (TPSA) is 49.9 Å². The van der Waals surface area contributed by atoms with Crippen molar-refractivity contribution in [3.05, 3.63) is 47.7 Å². The summed E-state index contributed by atoms with van der Waals surface area (Å²) in [6.07, 6.45) is 1.97. The van der Waals surface area contributed by atoms with E-state index in [1.165, 1.54) is 5.56 Å². The molecule has 0 atom stereocenters. The van der Waals surface area contributed by atoms with Gasteiger partial charge < -0.3 is 24.6 Å². The standard InChI is InChI=1S/C19H24N4O2/c1-22-7-9-23(10-8-22)18-6-5-15(12-21-18)11-20-13-16-3-2-4-17-19(16)25-14-24-17/h2-6,12,20H,7-11,13-14H2,1H3. The second-order valence-electron chi connectivity index (χ2n) is 6.57. The largest absolute Gasteiger partial charge is 0.454 e. The van der Waals surface area contributed by atoms with Gasteiger partial charge in [0.05, 0.1) is 0 Å². The molecule has 3 heterocycles. The van der Waals surface area contributed by atoms with E-state index in [2.05, 4.69) is 45.3 Å². The maximum absolute atomic E-state index is 5.54. The van der Waals surface area contributed by atoms with Crippen molar-refractivity contribution in [3.8, 4) is 11.5 Å². The van der Waals surface area contributed by atoms with Gasteiger partial charge in [-0.3, -0.25) is 0 Å². The first kappa shape index (κ1) is 16.2. The Morgan fingerprint density at radius 1 is 1.04 bits per heavy atom. The summed E-state index contributed by atoms with van der Waals surface area (Å²) in [5.41, 5.74) is 2.31. The van der Waals surface area contributed by atoms with E-state index in [0.717, 1.165) is 62.1 Å². The third-order valence-corrected chi connectivity index (χ3v) is 4.76. The number of ether oxygens (including phenoxy) is 2. The molecule has 0 aliphatic carbocycles. The van der Waals surface area contributed by atoms with Crippen LogP contribution < -0.4 is 19.7 Å². The van der Waals surface area contributed by atoms with Crippen LogP contribution in [0.15, 0.2) is 36.5 Å². The Kier molecular flexibility index (Phi) is 4.72. The molecule has 2 aromatic rings. The minimum atomic E-state index is 0.310. The lowest BCUT2D eigenvalue weighted by atomic mass is 10.2. The highest BCUT2D eigenvalue weighted by molar-refractivity contribution is 5.48. The average molecular weight is 340 g/mol. The summed E-state index contributed by atoms with van der Waals surface area (Å²) in [7, 11) is 2.17. The van der Waals surface area contributed by atoms with Crippen molar-refractivity contribution in [1.82, 2.24) is 15.2 Å². The Labute approximate surface area is 148 Å². The third kappa shape index (κ3) is 3.70. The van der Waals surface area contributed by atoms with Gasteiger partial charge >= 0.3 is 0 Å². The summed E-state index contributed by atoms with van der Waals surface area (Å²) in [5.74, 6) is 2.76. The van der Waals surface area contributed by atoms with Gasteiger partial charge in [0.25, 0.3) is 0 Å². The number of pyridine rings is 1. The highest BCUT2D eigenvalue weighted by atomic mass is 16.7. The number of benzene rings is 1. The third-order valence-electron chi connectivity index (χ3n) is 4.76. The molecule has 0 amide bonds. The van der Waals surface area contributed by atoms with Gasteiger partial charge in [0.1, 0.15) is 5.82 Å². The van der Waals surface area contributed by atoms with Gasteiger partial charge in [-0.15, -0.1) is 0 Å². The van der Waals surface area contributed by atoms with Crippen molar-refractivity contribution in [2.24, 2.45) is 0 Å². The highest BCUT2D eigenvalue weighted by Crippen LogP contribution is 2.35. The average Bonchev–Trinajstić information content (AvgIpc) is 3.13. The molecule has 0 spiro atoms. The van der Waals surface area contributed by atoms with E-state index in [4.69, 9.17) is 9.47 Å². The molecule has 0 unspecified atom stereocenters. The predicted molar refractivity (Wildman–Crippen MR) is 97.1 cm³/mol. The van der Waals surface area contributed by atoms with E-state index in [1.54, 1.807) is 0 Å². The number of fused-ring (bicyclic) bond motifs is 1. The van der Waals surface area contributed by atoms with E-state index in [1.807, 2.05) is 18.3 Å². The smallest absolute Gasteiger partial charge is 0.231 e. The summed E-state index contributed by atoms with van der Waals surface area (Å²) in [5, 5.41) is 3.46. The Morgan fingerprint density at radius 2 is 1.92 bits per heavy atom. The number of hydrogen-bond acceptors (Lipinski definition) is 6. The van der Waals surface area contributed by atoms with E-state index in [0.29, 0.717) is 6.79 Å². The summed E-state index contributed by atoms with van der Waals surface area (Å²) in [4.78, 5) is 9.33. The van der Waals surface area contributed by atoms with Crippen LogP contribution in [0, 0.1) is 0 Å². The highest BCUT2D eigenvalue weighted by Gasteiger charge is 2.17. The molecule has 2 aliphatic rings. The second kappa shape index (κ2) is 7.29. The molecule has 0 bridgehead atoms. The maximum atomic E-state index is 5.54. The molecule has 1 aromatic heterocycles. The van der Waals surface area contributed by atoms with E-state index >= 15 is 0 Å². The molecule has 25 heavy (non-hydrogen) atoms. The first-order chi connectivity index (χ1) is 12.3. The molecule has 6 heteroatoms. The van der Waals surface area contributed by atoms with Crippen LogP contribution in [0.1, 0.15) is 11.1 Å². The zero-order valence-corrected chi connectivity index (χ0v) is 14.6. The molecule has 1 aromatic carbocycles. The van der Waals surface area contributed by atoms with Crippen molar-refractivity contribution in [3.63, 3.8) is 0 Å². The normalized spacial score (nSPS) is 17.1. The number of anilines is 1. The Bertz CT molecular complexity index is 712. The van der Waals surface area contributed by atoms with Gasteiger partial charge in [-0.1, -0.05) is 18.2 Å². The number of piperazine rings is 1. The van der Waals surface area contributed by atoms with Crippen LogP contribution in [0.3, 0.4) is 0 Å². The van der Waals surface area contributed by atoms with E-state index < -0.39 is 0 Å². The number of nitrogens with zero attached hydrogens (tertiary/aromatic N) is 3. The van der Waals surface area contributed by atoms with Crippen LogP contribution in [0.25, 0.3) is 0 Å². The fraction of sp³-hybridized carbons (Fsp3) is 0.421. The number of nitrogens with one attached hydrogen (secondary N) is 1. The Morgan fingerprint density at radius 3 is 2.72 bits per heavy atom. The number of rotatable bonds is 5. The van der Waals surface area contributed by atoms with Gasteiger partial charge in [0.2, 0.25) is 6.79 Å². The quantitative estimate of drug-likeness (QED) is 0.896. The summed E-state index contributed by atoms with van der Waals surface area (Å²) < 4.78 is 11.0. The van der Waals surface area contributed by atoms with Crippen LogP contribution in [-0.2, 0) is 13.1 Å². The van der Waals surface area contributed by atoms with Crippen LogP contribution in [0.5, 0.6) is 11.5 Å². The molecular weight excluding hydrogens is 316 g/mol. The first-order valence-electron chi connectivity index (χ1n) is 8.76. The number of para-hydroxylation sites is 1. The Balaban J connectivity index is 1.31. The van der Waals surface area contributed by atoms with Gasteiger partial charge in [-0.05, 0) is 24.7 Å². The fourth-order valence-electron chi connectivity index (χ4n) is 3.22. The number of aromatic nitrogens is 1. The monoisotopic (exact) mass is 340 g/mol. The molecule has 2 aliphatic heterocycles. The second-order valence-corrected chi connectivity index (χ2v) is 6.57. The van der Waals surface area contributed by atoms with Crippen LogP contribution in [0.4, 0.5) is 5.82 Å². The number of hydrogen-bond donors (Lipinski definition) is 1. The lowest BCUT2D eigenvalue weighted by Crippen LogP contribution is -2.44. The van der Waals surface area contributed by atoms with E-state index in [9.17, 15) is 0 Å². The summed E-state index contributed by atoms with van der Waals surface area (Å²) in [6, 6.07) is 10.3. The van der Waals surface area contributed by atoms with Crippen molar-refractivity contribution in [2.75, 3.05) is 44.9 Å². The van der Waals surface area contributed by atoms with Gasteiger partial charge in [0.15, 0.2) is 11.5 Å². The zero-order valence-electron chi connectivity index (χ0n) is 14.6. The maximum Gasteiger partial charge on any atom is 0.231 e. The lowest BCUT2D eigenvalue weighted by Gasteiger charge is -2.33. The van der Waals surface area contributed by atoms with Crippen molar-refractivity contribution in [1.29, 1.82) is 0 Å². The molecule has 6 nitrogen and oxygen atoms in total. The lowest BCUT2D eigenvalue weighted by molar-refractivity contribution is 0.173. The minimum absolute atomic E-state index is 0.310. The SMILES string of the molecule is CN1CCN(c2ccc(CNCc3cccc4c3OCO4)cn2)CC1. The molecule has 0 saturated carbocycles. The van der Waals surface area contributed by atoms with Gasteiger partial charge in [-0.25, -0.2) is 4.98 Å². The van der Waals surface area contributed by atoms with Crippen LogP contribution in [0.2, 0.25) is 0 Å². The first-order valence-corrected chi connectivity index (χ1v) is 8.76. The van der Waals surface area contributed by atoms with Crippen molar-refractivity contribution in [2.45, 2.75) is 13.1 Å². The Hall–Kier alpha value is -2.31. The summed E-state index contributed by atoms with van der Waals surface area (Å²) >= 11 is 0. The molecule has 1 saturated heterocycles. The minimum Gasteiger partial charge on any atom is -0.454 e. The molecule has 132 valence electrons. The zero-order chi connectivity index (χ0) is 17.1. The predicted octanol–water partition coefficient (Wildman–Crippen LogP) is 1.85.